The van der Waals surface area contributed by atoms with Crippen LogP contribution in [0, 0.1) is 0 Å². The van der Waals surface area contributed by atoms with Gasteiger partial charge in [-0.25, -0.2) is 0 Å². The van der Waals surface area contributed by atoms with Crippen LogP contribution in [-0.2, 0) is 6.18 Å². The van der Waals surface area contributed by atoms with E-state index in [0.29, 0.717) is 17.4 Å². The first-order valence-electron chi connectivity index (χ1n) is 8.21. The number of rotatable bonds is 2. The van der Waals surface area contributed by atoms with Crippen molar-refractivity contribution in [1.29, 1.82) is 0 Å². The number of benzene rings is 2. The van der Waals surface area contributed by atoms with E-state index in [2.05, 4.69) is 0 Å². The predicted octanol–water partition coefficient (Wildman–Crippen LogP) is 5.94. The molecule has 0 aromatic heterocycles. The summed E-state index contributed by atoms with van der Waals surface area (Å²) in [7, 11) is 0. The largest absolute Gasteiger partial charge is 0.416 e. The zero-order valence-corrected chi connectivity index (χ0v) is 13.3. The highest BCUT2D eigenvalue weighted by Gasteiger charge is 2.39. The highest BCUT2D eigenvalue weighted by molar-refractivity contribution is 5.96. The van der Waals surface area contributed by atoms with Crippen LogP contribution in [0.4, 0.5) is 13.2 Å². The molecule has 0 radical (unpaired) electrons. The molecule has 2 aromatic rings. The Bertz CT molecular complexity index is 818. The fraction of sp³-hybridized carbons (Fsp3) is 0.350. The molecular weight excluding hydrogens is 313 g/mol. The molecular formula is C20H17F3O. The van der Waals surface area contributed by atoms with Gasteiger partial charge in [-0.2, -0.15) is 13.2 Å². The average Bonchev–Trinajstić information content (AvgIpc) is 3.15. The number of fused-ring (bicyclic) bond motifs is 5. The number of hydrogen-bond acceptors (Lipinski definition) is 1. The van der Waals surface area contributed by atoms with E-state index in [1.165, 1.54) is 30.2 Å². The second-order valence-electron chi connectivity index (χ2n) is 6.86. The molecule has 0 saturated heterocycles. The Morgan fingerprint density at radius 2 is 1.71 bits per heavy atom. The van der Waals surface area contributed by atoms with Crippen LogP contribution in [0.5, 0.6) is 0 Å². The highest BCUT2D eigenvalue weighted by Crippen LogP contribution is 2.56. The van der Waals surface area contributed by atoms with E-state index in [0.717, 1.165) is 42.5 Å². The fourth-order valence-electron chi connectivity index (χ4n) is 4.28. The van der Waals surface area contributed by atoms with E-state index in [-0.39, 0.29) is 5.78 Å². The minimum Gasteiger partial charge on any atom is -0.295 e. The molecule has 124 valence electrons. The second kappa shape index (κ2) is 5.20. The van der Waals surface area contributed by atoms with Gasteiger partial charge >= 0.3 is 6.18 Å². The zero-order valence-electron chi connectivity index (χ0n) is 13.3. The summed E-state index contributed by atoms with van der Waals surface area (Å²) >= 11 is 0. The summed E-state index contributed by atoms with van der Waals surface area (Å²) in [5.74, 6) is 0.967. The van der Waals surface area contributed by atoms with Crippen molar-refractivity contribution >= 4 is 5.78 Å². The summed E-state index contributed by atoms with van der Waals surface area (Å²) in [6, 6.07) is 9.13. The summed E-state index contributed by atoms with van der Waals surface area (Å²) in [5.41, 5.74) is 4.17. The summed E-state index contributed by atoms with van der Waals surface area (Å²) < 4.78 is 38.4. The van der Waals surface area contributed by atoms with Crippen LogP contribution in [0.15, 0.2) is 36.4 Å². The minimum absolute atomic E-state index is 0.00580. The molecule has 1 fully saturated rings. The molecule has 4 heteroatoms. The van der Waals surface area contributed by atoms with Crippen molar-refractivity contribution in [3.63, 3.8) is 0 Å². The number of carbonyl (C=O) groups excluding carboxylic acids is 1. The molecule has 2 aromatic carbocycles. The summed E-state index contributed by atoms with van der Waals surface area (Å²) in [5, 5.41) is 0. The standard InChI is InChI=1S/C20H17F3O/c1-11(24)15-9-17(12-4-6-16(7-5-12)20(21,22)23)19-14-3-2-13(8-14)18(19)10-15/h4-7,9-10,13-14H,2-3,8H2,1H3. The van der Waals surface area contributed by atoms with Crippen LogP contribution in [0.25, 0.3) is 11.1 Å². The number of Topliss-reactive ketones (excluding diaryl/α,β-unsaturated/α-hetero) is 1. The summed E-state index contributed by atoms with van der Waals surface area (Å²) in [6.45, 7) is 1.53. The maximum absolute atomic E-state index is 12.8. The molecule has 0 heterocycles. The van der Waals surface area contributed by atoms with Crippen LogP contribution in [-0.4, -0.2) is 5.78 Å². The third kappa shape index (κ3) is 2.36. The minimum atomic E-state index is -4.33. The van der Waals surface area contributed by atoms with Crippen LogP contribution in [0.1, 0.15) is 65.1 Å². The quantitative estimate of drug-likeness (QED) is 0.623. The monoisotopic (exact) mass is 330 g/mol. The number of carbonyl (C=O) groups is 1. The number of halogens is 3. The number of alkyl halides is 3. The van der Waals surface area contributed by atoms with Gasteiger partial charge in [0.05, 0.1) is 5.56 Å². The van der Waals surface area contributed by atoms with Crippen molar-refractivity contribution in [2.45, 2.75) is 44.2 Å². The van der Waals surface area contributed by atoms with Gasteiger partial charge in [0.25, 0.3) is 0 Å². The molecule has 24 heavy (non-hydrogen) atoms. The smallest absolute Gasteiger partial charge is 0.295 e. The predicted molar refractivity (Wildman–Crippen MR) is 86.2 cm³/mol. The summed E-state index contributed by atoms with van der Waals surface area (Å²) in [4.78, 5) is 11.9. The first-order valence-corrected chi connectivity index (χ1v) is 8.21. The van der Waals surface area contributed by atoms with E-state index < -0.39 is 11.7 Å². The second-order valence-corrected chi connectivity index (χ2v) is 6.86. The average molecular weight is 330 g/mol. The maximum atomic E-state index is 12.8. The lowest BCUT2D eigenvalue weighted by atomic mass is 9.84. The Balaban J connectivity index is 1.86. The Kier molecular flexibility index (Phi) is 3.34. The van der Waals surface area contributed by atoms with Crippen LogP contribution in [0.3, 0.4) is 0 Å². The Hall–Kier alpha value is -2.10. The molecule has 0 amide bonds. The molecule has 2 aliphatic rings. The van der Waals surface area contributed by atoms with Gasteiger partial charge in [-0.15, -0.1) is 0 Å². The normalized spacial score (nSPS) is 21.8. The van der Waals surface area contributed by atoms with Crippen LogP contribution >= 0.6 is 0 Å². The number of hydrogen-bond donors (Lipinski definition) is 0. The maximum Gasteiger partial charge on any atom is 0.416 e. The molecule has 1 saturated carbocycles. The van der Waals surface area contributed by atoms with Gasteiger partial charge in [0.2, 0.25) is 0 Å². The first-order chi connectivity index (χ1) is 11.3. The molecule has 4 rings (SSSR count). The van der Waals surface area contributed by atoms with Gasteiger partial charge in [0.15, 0.2) is 5.78 Å². The first kappa shape index (κ1) is 15.4. The van der Waals surface area contributed by atoms with Crippen molar-refractivity contribution in [3.8, 4) is 11.1 Å². The fourth-order valence-corrected chi connectivity index (χ4v) is 4.28. The van der Waals surface area contributed by atoms with E-state index in [1.807, 2.05) is 12.1 Å². The van der Waals surface area contributed by atoms with Crippen molar-refractivity contribution < 1.29 is 18.0 Å². The van der Waals surface area contributed by atoms with Gasteiger partial charge in [0.1, 0.15) is 0 Å². The molecule has 0 spiro atoms. The van der Waals surface area contributed by atoms with Gasteiger partial charge in [0, 0.05) is 5.56 Å². The van der Waals surface area contributed by atoms with Gasteiger partial charge < -0.3 is 0 Å². The Morgan fingerprint density at radius 3 is 2.33 bits per heavy atom. The van der Waals surface area contributed by atoms with Crippen LogP contribution < -0.4 is 0 Å². The molecule has 0 aliphatic heterocycles. The molecule has 2 unspecified atom stereocenters. The van der Waals surface area contributed by atoms with Gasteiger partial charge in [-0.3, -0.25) is 4.79 Å². The molecule has 2 aliphatic carbocycles. The van der Waals surface area contributed by atoms with E-state index in [1.54, 1.807) is 0 Å². The highest BCUT2D eigenvalue weighted by atomic mass is 19.4. The van der Waals surface area contributed by atoms with E-state index in [4.69, 9.17) is 0 Å². The lowest BCUT2D eigenvalue weighted by Crippen LogP contribution is -2.06. The lowest BCUT2D eigenvalue weighted by Gasteiger charge is -2.21. The van der Waals surface area contributed by atoms with E-state index in [9.17, 15) is 18.0 Å². The molecule has 0 N–H and O–H groups in total. The number of ketones is 1. The third-order valence-electron chi connectivity index (χ3n) is 5.42. The summed E-state index contributed by atoms with van der Waals surface area (Å²) in [6.07, 6.45) is -0.957. The van der Waals surface area contributed by atoms with Crippen molar-refractivity contribution in [1.82, 2.24) is 0 Å². The third-order valence-corrected chi connectivity index (χ3v) is 5.42. The molecule has 2 bridgehead atoms. The van der Waals surface area contributed by atoms with Crippen molar-refractivity contribution in [2.75, 3.05) is 0 Å². The Morgan fingerprint density at radius 1 is 1.04 bits per heavy atom. The van der Waals surface area contributed by atoms with Gasteiger partial charge in [-0.05, 0) is 84.5 Å². The zero-order chi connectivity index (χ0) is 17.1. The molecule has 1 nitrogen and oxygen atoms in total. The van der Waals surface area contributed by atoms with Crippen molar-refractivity contribution in [2.24, 2.45) is 0 Å². The SMILES string of the molecule is CC(=O)c1cc(-c2ccc(C(F)(F)F)cc2)c2c(c1)C1CCC2C1. The topological polar surface area (TPSA) is 17.1 Å². The van der Waals surface area contributed by atoms with E-state index >= 15 is 0 Å². The van der Waals surface area contributed by atoms with Crippen molar-refractivity contribution in [3.05, 3.63) is 58.7 Å². The van der Waals surface area contributed by atoms with Crippen LogP contribution in [0.2, 0.25) is 0 Å². The lowest BCUT2D eigenvalue weighted by molar-refractivity contribution is -0.137. The Labute approximate surface area is 138 Å². The van der Waals surface area contributed by atoms with Gasteiger partial charge in [-0.1, -0.05) is 12.1 Å². The molecule has 2 atom stereocenters.